The summed E-state index contributed by atoms with van der Waals surface area (Å²) in [6, 6.07) is 0. The Morgan fingerprint density at radius 3 is 2.77 bits per heavy atom. The number of nitrogens with zero attached hydrogens (tertiary/aromatic N) is 1. The van der Waals surface area contributed by atoms with Gasteiger partial charge in [-0.1, -0.05) is 0 Å². The Kier molecular flexibility index (Phi) is 3.71. The van der Waals surface area contributed by atoms with Crippen LogP contribution >= 0.6 is 0 Å². The fourth-order valence-electron chi connectivity index (χ4n) is 2.08. The maximum absolute atomic E-state index is 5.75. The van der Waals surface area contributed by atoms with E-state index in [2.05, 4.69) is 18.9 Å². The van der Waals surface area contributed by atoms with Gasteiger partial charge in [-0.15, -0.1) is 0 Å². The summed E-state index contributed by atoms with van der Waals surface area (Å²) in [7, 11) is 3.93. The van der Waals surface area contributed by atoms with E-state index in [-0.39, 0.29) is 5.60 Å². The summed E-state index contributed by atoms with van der Waals surface area (Å²) >= 11 is 0. The molecule has 1 saturated heterocycles. The number of rotatable bonds is 3. The Hall–Kier alpha value is -0.120. The lowest BCUT2D eigenvalue weighted by Crippen LogP contribution is -2.50. The molecule has 0 bridgehead atoms. The first-order valence-electron chi connectivity index (χ1n) is 5.06. The summed E-state index contributed by atoms with van der Waals surface area (Å²) in [6.07, 6.45) is 2.51. The van der Waals surface area contributed by atoms with Gasteiger partial charge in [0.05, 0.1) is 5.60 Å². The molecule has 0 amide bonds. The maximum Gasteiger partial charge on any atom is 0.0812 e. The Labute approximate surface area is 81.2 Å². The van der Waals surface area contributed by atoms with Crippen LogP contribution in [-0.4, -0.2) is 44.3 Å². The lowest BCUT2D eigenvalue weighted by molar-refractivity contribution is -0.0565. The molecule has 13 heavy (non-hydrogen) atoms. The number of ether oxygens (including phenoxy) is 1. The molecule has 1 heterocycles. The van der Waals surface area contributed by atoms with Crippen molar-refractivity contribution in [3.8, 4) is 0 Å². The van der Waals surface area contributed by atoms with E-state index in [1.165, 1.54) is 19.4 Å². The minimum Gasteiger partial charge on any atom is -0.377 e. The summed E-state index contributed by atoms with van der Waals surface area (Å²) in [4.78, 5) is 2.36. The summed E-state index contributed by atoms with van der Waals surface area (Å²) < 4.78 is 5.52. The van der Waals surface area contributed by atoms with Gasteiger partial charge >= 0.3 is 0 Å². The zero-order valence-electron chi connectivity index (χ0n) is 9.05. The Morgan fingerprint density at radius 2 is 2.31 bits per heavy atom. The van der Waals surface area contributed by atoms with Crippen LogP contribution in [0.2, 0.25) is 0 Å². The fraction of sp³-hybridized carbons (Fsp3) is 1.00. The molecular formula is C10H22N2O. The molecule has 1 aliphatic rings. The first kappa shape index (κ1) is 11.0. The fourth-order valence-corrected chi connectivity index (χ4v) is 2.08. The first-order valence-corrected chi connectivity index (χ1v) is 5.06. The Morgan fingerprint density at radius 1 is 1.62 bits per heavy atom. The van der Waals surface area contributed by atoms with Crippen LogP contribution in [0.3, 0.4) is 0 Å². The molecule has 3 heteroatoms. The molecule has 0 spiro atoms. The molecule has 1 fully saturated rings. The summed E-state index contributed by atoms with van der Waals surface area (Å²) in [5.74, 6) is 0.584. The van der Waals surface area contributed by atoms with Gasteiger partial charge < -0.3 is 15.4 Å². The van der Waals surface area contributed by atoms with Crippen molar-refractivity contribution in [1.82, 2.24) is 4.90 Å². The number of likely N-dealkylation sites (tertiary alicyclic amines) is 1. The van der Waals surface area contributed by atoms with E-state index >= 15 is 0 Å². The van der Waals surface area contributed by atoms with Gasteiger partial charge in [-0.2, -0.15) is 0 Å². The van der Waals surface area contributed by atoms with Crippen LogP contribution in [0.4, 0.5) is 0 Å². The van der Waals surface area contributed by atoms with E-state index in [4.69, 9.17) is 10.5 Å². The van der Waals surface area contributed by atoms with E-state index < -0.39 is 0 Å². The summed E-state index contributed by atoms with van der Waals surface area (Å²) in [6.45, 7) is 5.06. The largest absolute Gasteiger partial charge is 0.377 e. The van der Waals surface area contributed by atoms with E-state index in [9.17, 15) is 0 Å². The van der Waals surface area contributed by atoms with Crippen LogP contribution in [0, 0.1) is 5.92 Å². The van der Waals surface area contributed by atoms with Gasteiger partial charge in [0, 0.05) is 26.1 Å². The number of hydrogen-bond donors (Lipinski definition) is 1. The lowest BCUT2D eigenvalue weighted by Gasteiger charge is -2.40. The molecule has 78 valence electrons. The lowest BCUT2D eigenvalue weighted by atomic mass is 9.83. The molecule has 0 saturated carbocycles. The molecule has 0 radical (unpaired) electrons. The van der Waals surface area contributed by atoms with Crippen molar-refractivity contribution in [2.75, 3.05) is 33.8 Å². The van der Waals surface area contributed by atoms with Gasteiger partial charge in [-0.05, 0) is 33.4 Å². The van der Waals surface area contributed by atoms with Crippen LogP contribution in [0.15, 0.2) is 0 Å². The molecule has 3 nitrogen and oxygen atoms in total. The highest BCUT2D eigenvalue weighted by Gasteiger charge is 2.34. The first-order chi connectivity index (χ1) is 6.12. The van der Waals surface area contributed by atoms with Crippen molar-refractivity contribution >= 4 is 0 Å². The zero-order valence-corrected chi connectivity index (χ0v) is 9.05. The normalized spacial score (nSPS) is 30.0. The van der Waals surface area contributed by atoms with Gasteiger partial charge in [0.1, 0.15) is 0 Å². The molecule has 0 aromatic carbocycles. The number of piperidine rings is 1. The van der Waals surface area contributed by atoms with Gasteiger partial charge in [0.25, 0.3) is 0 Å². The minimum absolute atomic E-state index is 0.130. The maximum atomic E-state index is 5.75. The van der Waals surface area contributed by atoms with Crippen molar-refractivity contribution in [1.29, 1.82) is 0 Å². The Bertz CT molecular complexity index is 157. The monoisotopic (exact) mass is 186 g/mol. The smallest absolute Gasteiger partial charge is 0.0812 e. The third kappa shape index (κ3) is 2.42. The van der Waals surface area contributed by atoms with Gasteiger partial charge in [-0.25, -0.2) is 0 Å². The number of hydrogen-bond acceptors (Lipinski definition) is 3. The highest BCUT2D eigenvalue weighted by atomic mass is 16.5. The third-order valence-corrected chi connectivity index (χ3v) is 3.36. The molecule has 2 N–H and O–H groups in total. The van der Waals surface area contributed by atoms with Crippen molar-refractivity contribution < 1.29 is 4.74 Å². The topological polar surface area (TPSA) is 38.5 Å². The van der Waals surface area contributed by atoms with Gasteiger partial charge in [-0.3, -0.25) is 0 Å². The van der Waals surface area contributed by atoms with Crippen LogP contribution < -0.4 is 5.73 Å². The van der Waals surface area contributed by atoms with Crippen LogP contribution in [0.5, 0.6) is 0 Å². The molecule has 0 aromatic rings. The zero-order chi connectivity index (χ0) is 9.90. The van der Waals surface area contributed by atoms with Gasteiger partial charge in [0.2, 0.25) is 0 Å². The predicted molar refractivity (Wildman–Crippen MR) is 54.7 cm³/mol. The predicted octanol–water partition coefficient (Wildman–Crippen LogP) is 0.692. The van der Waals surface area contributed by atoms with E-state index in [0.717, 1.165) is 6.54 Å². The van der Waals surface area contributed by atoms with Crippen LogP contribution in [-0.2, 0) is 4.74 Å². The highest BCUT2D eigenvalue weighted by Crippen LogP contribution is 2.28. The molecule has 0 aromatic heterocycles. The standard InChI is InChI=1S/C10H22N2O/c1-10(8-11,13-3)9-5-4-6-12(2)7-9/h9H,4-8,11H2,1-3H3. The van der Waals surface area contributed by atoms with E-state index in [1.54, 1.807) is 7.11 Å². The molecule has 2 atom stereocenters. The van der Waals surface area contributed by atoms with Crippen LogP contribution in [0.25, 0.3) is 0 Å². The quantitative estimate of drug-likeness (QED) is 0.705. The second kappa shape index (κ2) is 4.40. The Balaban J connectivity index is 2.57. The molecular weight excluding hydrogens is 164 g/mol. The minimum atomic E-state index is -0.130. The summed E-state index contributed by atoms with van der Waals surface area (Å²) in [5, 5.41) is 0. The SMILES string of the molecule is COC(C)(CN)C1CCCN(C)C1. The van der Waals surface area contributed by atoms with Crippen molar-refractivity contribution in [3.63, 3.8) is 0 Å². The van der Waals surface area contributed by atoms with E-state index in [0.29, 0.717) is 12.5 Å². The summed E-state index contributed by atoms with van der Waals surface area (Å²) in [5.41, 5.74) is 5.62. The molecule has 0 aliphatic carbocycles. The molecule has 1 rings (SSSR count). The second-order valence-corrected chi connectivity index (χ2v) is 4.32. The average Bonchev–Trinajstić information content (AvgIpc) is 2.17. The molecule has 2 unspecified atom stereocenters. The van der Waals surface area contributed by atoms with E-state index in [1.807, 2.05) is 0 Å². The van der Waals surface area contributed by atoms with Gasteiger partial charge in [0.15, 0.2) is 0 Å². The van der Waals surface area contributed by atoms with Crippen molar-refractivity contribution in [3.05, 3.63) is 0 Å². The molecule has 1 aliphatic heterocycles. The third-order valence-electron chi connectivity index (χ3n) is 3.36. The second-order valence-electron chi connectivity index (χ2n) is 4.32. The highest BCUT2D eigenvalue weighted by molar-refractivity contribution is 4.88. The number of nitrogens with two attached hydrogens (primary N) is 1. The number of methoxy groups -OCH3 is 1. The van der Waals surface area contributed by atoms with Crippen LogP contribution in [0.1, 0.15) is 19.8 Å². The van der Waals surface area contributed by atoms with Crippen molar-refractivity contribution in [2.24, 2.45) is 11.7 Å². The average molecular weight is 186 g/mol. The van der Waals surface area contributed by atoms with Crippen molar-refractivity contribution in [2.45, 2.75) is 25.4 Å².